The van der Waals surface area contributed by atoms with Gasteiger partial charge in [-0.1, -0.05) is 6.07 Å². The smallest absolute Gasteiger partial charge is 0.308 e. The third-order valence-electron chi connectivity index (χ3n) is 1.75. The van der Waals surface area contributed by atoms with Gasteiger partial charge in [0.1, 0.15) is 0 Å². The van der Waals surface area contributed by atoms with Gasteiger partial charge in [-0.2, -0.15) is 0 Å². The third-order valence-corrected chi connectivity index (χ3v) is 2.63. The highest BCUT2D eigenvalue weighted by Gasteiger charge is 1.98. The summed E-state index contributed by atoms with van der Waals surface area (Å²) in [6, 6.07) is 3.67. The zero-order chi connectivity index (χ0) is 10.9. The molecule has 0 unspecified atom stereocenters. The van der Waals surface area contributed by atoms with Crippen LogP contribution in [-0.4, -0.2) is 37.4 Å². The number of thiophene rings is 1. The average molecular weight is 229 g/mol. The van der Waals surface area contributed by atoms with Crippen LogP contribution in [0, 0.1) is 0 Å². The number of ether oxygens (including phenoxy) is 1. The fourth-order valence-corrected chi connectivity index (χ4v) is 1.77. The Kier molecular flexibility index (Phi) is 5.99. The van der Waals surface area contributed by atoms with Crippen molar-refractivity contribution in [1.29, 1.82) is 0 Å². The number of carboxylic acid groups (broad SMARTS) is 1. The summed E-state index contributed by atoms with van der Waals surface area (Å²) in [6.45, 7) is 3.83. The Hall–Kier alpha value is -0.910. The second-order valence-electron chi connectivity index (χ2n) is 3.01. The molecular weight excluding hydrogens is 214 g/mol. The van der Waals surface area contributed by atoms with E-state index in [1.165, 1.54) is 11.3 Å². The second kappa shape index (κ2) is 7.39. The van der Waals surface area contributed by atoms with Gasteiger partial charge in [-0.3, -0.25) is 4.79 Å². The topological polar surface area (TPSA) is 58.6 Å². The van der Waals surface area contributed by atoms with Crippen LogP contribution in [0.15, 0.2) is 17.5 Å². The van der Waals surface area contributed by atoms with Crippen molar-refractivity contribution in [3.63, 3.8) is 0 Å². The summed E-state index contributed by atoms with van der Waals surface area (Å²) in [5, 5.41) is 13.3. The van der Waals surface area contributed by atoms with Crippen molar-refractivity contribution in [3.8, 4) is 0 Å². The zero-order valence-corrected chi connectivity index (χ0v) is 9.26. The Morgan fingerprint density at radius 3 is 2.60 bits per heavy atom. The molecule has 0 saturated carbocycles. The Bertz CT molecular complexity index is 259. The summed E-state index contributed by atoms with van der Waals surface area (Å²) >= 11 is 1.47. The maximum absolute atomic E-state index is 10.1. The van der Waals surface area contributed by atoms with E-state index in [9.17, 15) is 4.79 Å². The van der Waals surface area contributed by atoms with Crippen molar-refractivity contribution in [3.05, 3.63) is 22.4 Å². The molecule has 4 nitrogen and oxygen atoms in total. The van der Waals surface area contributed by atoms with Gasteiger partial charge < -0.3 is 15.2 Å². The molecule has 0 spiro atoms. The molecule has 1 aliphatic heterocycles. The maximum Gasteiger partial charge on any atom is 0.308 e. The molecule has 84 valence electrons. The SMILES string of the molecule is C1COCCN1.O=C(O)Cc1cccs1. The standard InChI is InChI=1S/C6H6O2S.C4H9NO/c7-6(8)4-5-2-1-3-9-5;1-3-6-4-2-5-1/h1-3H,4H2,(H,7,8);5H,1-4H2. The van der Waals surface area contributed by atoms with Crippen LogP contribution in [0.4, 0.5) is 0 Å². The highest BCUT2D eigenvalue weighted by Crippen LogP contribution is 2.08. The molecule has 0 atom stereocenters. The van der Waals surface area contributed by atoms with Crippen LogP contribution in [0.5, 0.6) is 0 Å². The fourth-order valence-electron chi connectivity index (χ4n) is 1.08. The summed E-state index contributed by atoms with van der Waals surface area (Å²) < 4.78 is 5.01. The predicted octanol–water partition coefficient (Wildman–Crippen LogP) is 0.981. The minimum absolute atomic E-state index is 0.150. The molecule has 1 aliphatic rings. The Balaban J connectivity index is 0.000000162. The molecule has 0 radical (unpaired) electrons. The van der Waals surface area contributed by atoms with E-state index in [1.54, 1.807) is 0 Å². The summed E-state index contributed by atoms with van der Waals surface area (Å²) in [6.07, 6.45) is 0.150. The van der Waals surface area contributed by atoms with Gasteiger partial charge in [0.2, 0.25) is 0 Å². The molecule has 2 N–H and O–H groups in total. The van der Waals surface area contributed by atoms with Gasteiger partial charge in [0.25, 0.3) is 0 Å². The maximum atomic E-state index is 10.1. The van der Waals surface area contributed by atoms with E-state index in [4.69, 9.17) is 9.84 Å². The molecular formula is C10H15NO3S. The molecule has 1 aromatic heterocycles. The molecule has 0 aliphatic carbocycles. The van der Waals surface area contributed by atoms with Crippen LogP contribution >= 0.6 is 11.3 Å². The fraction of sp³-hybridized carbons (Fsp3) is 0.500. The number of carbonyl (C=O) groups is 1. The van der Waals surface area contributed by atoms with Gasteiger partial charge >= 0.3 is 5.97 Å². The van der Waals surface area contributed by atoms with Crippen LogP contribution in [0.3, 0.4) is 0 Å². The van der Waals surface area contributed by atoms with Gasteiger partial charge in [0, 0.05) is 18.0 Å². The van der Waals surface area contributed by atoms with Gasteiger partial charge in [-0.25, -0.2) is 0 Å². The lowest BCUT2D eigenvalue weighted by atomic mass is 10.3. The van der Waals surface area contributed by atoms with Crippen molar-refractivity contribution in [1.82, 2.24) is 5.32 Å². The molecule has 0 bridgehead atoms. The predicted molar refractivity (Wildman–Crippen MR) is 59.3 cm³/mol. The normalized spacial score (nSPS) is 15.2. The van der Waals surface area contributed by atoms with E-state index in [2.05, 4.69) is 5.32 Å². The lowest BCUT2D eigenvalue weighted by Gasteiger charge is -2.10. The summed E-state index contributed by atoms with van der Waals surface area (Å²) in [4.78, 5) is 11.0. The number of carboxylic acids is 1. The average Bonchev–Trinajstić information content (AvgIpc) is 2.73. The Morgan fingerprint density at radius 2 is 2.27 bits per heavy atom. The van der Waals surface area contributed by atoms with Crippen molar-refractivity contribution < 1.29 is 14.6 Å². The van der Waals surface area contributed by atoms with E-state index in [-0.39, 0.29) is 6.42 Å². The van der Waals surface area contributed by atoms with E-state index < -0.39 is 5.97 Å². The first-order valence-electron chi connectivity index (χ1n) is 4.81. The molecule has 15 heavy (non-hydrogen) atoms. The van der Waals surface area contributed by atoms with Gasteiger partial charge in [-0.05, 0) is 11.4 Å². The van der Waals surface area contributed by atoms with E-state index in [1.807, 2.05) is 17.5 Å². The molecule has 0 aromatic carbocycles. The lowest BCUT2D eigenvalue weighted by Crippen LogP contribution is -2.30. The molecule has 1 fully saturated rings. The number of hydrogen-bond donors (Lipinski definition) is 2. The molecule has 2 heterocycles. The van der Waals surface area contributed by atoms with Crippen LogP contribution in [-0.2, 0) is 16.0 Å². The number of nitrogens with one attached hydrogen (secondary N) is 1. The zero-order valence-electron chi connectivity index (χ0n) is 8.44. The highest BCUT2D eigenvalue weighted by atomic mass is 32.1. The lowest BCUT2D eigenvalue weighted by molar-refractivity contribution is -0.136. The van der Waals surface area contributed by atoms with Crippen LogP contribution < -0.4 is 5.32 Å². The van der Waals surface area contributed by atoms with E-state index >= 15 is 0 Å². The Labute approximate surface area is 92.9 Å². The van der Waals surface area contributed by atoms with Crippen molar-refractivity contribution in [2.75, 3.05) is 26.3 Å². The first kappa shape index (κ1) is 12.2. The van der Waals surface area contributed by atoms with Gasteiger partial charge in [-0.15, -0.1) is 11.3 Å². The number of rotatable bonds is 2. The van der Waals surface area contributed by atoms with Crippen LogP contribution in [0.2, 0.25) is 0 Å². The minimum atomic E-state index is -0.766. The van der Waals surface area contributed by atoms with Crippen LogP contribution in [0.25, 0.3) is 0 Å². The first-order chi connectivity index (χ1) is 7.29. The number of aliphatic carboxylic acids is 1. The third kappa shape index (κ3) is 6.22. The Morgan fingerprint density at radius 1 is 1.53 bits per heavy atom. The minimum Gasteiger partial charge on any atom is -0.481 e. The first-order valence-corrected chi connectivity index (χ1v) is 5.69. The summed E-state index contributed by atoms with van der Waals surface area (Å²) in [7, 11) is 0. The summed E-state index contributed by atoms with van der Waals surface area (Å²) in [5.41, 5.74) is 0. The number of morpholine rings is 1. The summed E-state index contributed by atoms with van der Waals surface area (Å²) in [5.74, 6) is -0.766. The van der Waals surface area contributed by atoms with Gasteiger partial charge in [0.05, 0.1) is 19.6 Å². The number of hydrogen-bond acceptors (Lipinski definition) is 4. The van der Waals surface area contributed by atoms with E-state index in [0.717, 1.165) is 31.2 Å². The molecule has 1 saturated heterocycles. The van der Waals surface area contributed by atoms with Gasteiger partial charge in [0.15, 0.2) is 0 Å². The molecule has 5 heteroatoms. The van der Waals surface area contributed by atoms with E-state index in [0.29, 0.717) is 0 Å². The van der Waals surface area contributed by atoms with Crippen molar-refractivity contribution >= 4 is 17.3 Å². The monoisotopic (exact) mass is 229 g/mol. The second-order valence-corrected chi connectivity index (χ2v) is 4.04. The van der Waals surface area contributed by atoms with Crippen molar-refractivity contribution in [2.24, 2.45) is 0 Å². The quantitative estimate of drug-likeness (QED) is 0.793. The highest BCUT2D eigenvalue weighted by molar-refractivity contribution is 7.10. The molecule has 1 aromatic rings. The van der Waals surface area contributed by atoms with Crippen LogP contribution in [0.1, 0.15) is 4.88 Å². The van der Waals surface area contributed by atoms with Crippen molar-refractivity contribution in [2.45, 2.75) is 6.42 Å². The molecule has 0 amide bonds. The molecule has 2 rings (SSSR count). The largest absolute Gasteiger partial charge is 0.481 e.